The van der Waals surface area contributed by atoms with Gasteiger partial charge < -0.3 is 5.73 Å². The molecule has 1 rings (SSSR count). The molecule has 0 bridgehead atoms. The zero-order valence-electron chi connectivity index (χ0n) is 4.98. The second-order valence-electron chi connectivity index (χ2n) is 2.39. The third kappa shape index (κ3) is 0.693. The smallest absolute Gasteiger partial charge is 0.0405 e. The van der Waals surface area contributed by atoms with Gasteiger partial charge in [0.05, 0.1) is 0 Å². The second kappa shape index (κ2) is 1.46. The molecule has 1 aliphatic rings. The molecule has 0 spiro atoms. The van der Waals surface area contributed by atoms with E-state index in [1.165, 1.54) is 0 Å². The minimum absolute atomic E-state index is 0.0538. The van der Waals surface area contributed by atoms with Crippen molar-refractivity contribution in [3.63, 3.8) is 0 Å². The maximum Gasteiger partial charge on any atom is 0.0405 e. The van der Waals surface area contributed by atoms with E-state index in [1.807, 2.05) is 0 Å². The zero-order valence-corrected chi connectivity index (χ0v) is 4.98. The molecule has 0 radical (unpaired) electrons. The van der Waals surface area contributed by atoms with Crippen LogP contribution in [0.3, 0.4) is 0 Å². The maximum absolute atomic E-state index is 5.73. The molecule has 0 aromatic rings. The molecule has 1 nitrogen and oxygen atoms in total. The van der Waals surface area contributed by atoms with Gasteiger partial charge in [-0.05, 0) is 18.4 Å². The van der Waals surface area contributed by atoms with Gasteiger partial charge in [0.15, 0.2) is 0 Å². The Morgan fingerprint density at radius 3 is 2.25 bits per heavy atom. The Kier molecular flexibility index (Phi) is 1.01. The van der Waals surface area contributed by atoms with Crippen LogP contribution in [0.1, 0.15) is 12.8 Å². The van der Waals surface area contributed by atoms with Crippen molar-refractivity contribution in [1.29, 1.82) is 0 Å². The van der Waals surface area contributed by atoms with E-state index in [1.54, 1.807) is 6.08 Å². The molecule has 1 aliphatic carbocycles. The fraction of sp³-hybridized carbons (Fsp3) is 0.429. The lowest BCUT2D eigenvalue weighted by molar-refractivity contribution is 0.820. The fourth-order valence-electron chi connectivity index (χ4n) is 0.659. The molecule has 0 atom stereocenters. The van der Waals surface area contributed by atoms with Gasteiger partial charge in [-0.15, -0.1) is 0 Å². The van der Waals surface area contributed by atoms with E-state index in [-0.39, 0.29) is 5.54 Å². The summed E-state index contributed by atoms with van der Waals surface area (Å²) in [5.74, 6) is 0. The van der Waals surface area contributed by atoms with Crippen LogP contribution in [0.25, 0.3) is 0 Å². The lowest BCUT2D eigenvalue weighted by atomic mass is 10.1. The molecule has 0 unspecified atom stereocenters. The van der Waals surface area contributed by atoms with Gasteiger partial charge in [-0.3, -0.25) is 0 Å². The summed E-state index contributed by atoms with van der Waals surface area (Å²) < 4.78 is 0. The van der Waals surface area contributed by atoms with Crippen LogP contribution in [0.2, 0.25) is 0 Å². The van der Waals surface area contributed by atoms with Gasteiger partial charge in [0.1, 0.15) is 0 Å². The van der Waals surface area contributed by atoms with Gasteiger partial charge in [0.2, 0.25) is 0 Å². The Morgan fingerprint density at radius 2 is 2.12 bits per heavy atom. The van der Waals surface area contributed by atoms with Crippen LogP contribution in [0, 0.1) is 0 Å². The monoisotopic (exact) mass is 109 g/mol. The standard InChI is InChI=1S/C7H11N/c1-3-6(2)7(8)4-5-7/h3H,1-2,4-5,8H2. The summed E-state index contributed by atoms with van der Waals surface area (Å²) in [6.07, 6.45) is 3.91. The summed E-state index contributed by atoms with van der Waals surface area (Å²) >= 11 is 0. The molecule has 44 valence electrons. The van der Waals surface area contributed by atoms with E-state index < -0.39 is 0 Å². The Morgan fingerprint density at radius 1 is 1.62 bits per heavy atom. The quantitative estimate of drug-likeness (QED) is 0.530. The van der Waals surface area contributed by atoms with Crippen molar-refractivity contribution >= 4 is 0 Å². The van der Waals surface area contributed by atoms with Crippen molar-refractivity contribution in [1.82, 2.24) is 0 Å². The molecule has 0 saturated heterocycles. The first kappa shape index (κ1) is 5.57. The Bertz CT molecular complexity index is 131. The molecule has 8 heavy (non-hydrogen) atoms. The minimum atomic E-state index is -0.0538. The van der Waals surface area contributed by atoms with Gasteiger partial charge >= 0.3 is 0 Å². The van der Waals surface area contributed by atoms with E-state index in [2.05, 4.69) is 13.2 Å². The van der Waals surface area contributed by atoms with Gasteiger partial charge in [-0.1, -0.05) is 19.2 Å². The van der Waals surface area contributed by atoms with Crippen molar-refractivity contribution in [2.45, 2.75) is 18.4 Å². The lowest BCUT2D eigenvalue weighted by Crippen LogP contribution is -2.22. The summed E-state index contributed by atoms with van der Waals surface area (Å²) in [6, 6.07) is 0. The number of nitrogens with two attached hydrogens (primary N) is 1. The summed E-state index contributed by atoms with van der Waals surface area (Å²) in [5.41, 5.74) is 6.66. The van der Waals surface area contributed by atoms with Crippen LogP contribution in [0.15, 0.2) is 24.8 Å². The SMILES string of the molecule is C=CC(=C)C1(N)CC1. The van der Waals surface area contributed by atoms with E-state index in [4.69, 9.17) is 5.73 Å². The topological polar surface area (TPSA) is 26.0 Å². The highest BCUT2D eigenvalue weighted by Gasteiger charge is 2.39. The number of hydrogen-bond donors (Lipinski definition) is 1. The molecule has 1 saturated carbocycles. The molecule has 1 fully saturated rings. The summed E-state index contributed by atoms with van der Waals surface area (Å²) in [4.78, 5) is 0. The largest absolute Gasteiger partial charge is 0.321 e. The summed E-state index contributed by atoms with van der Waals surface area (Å²) in [7, 11) is 0. The van der Waals surface area contributed by atoms with Crippen molar-refractivity contribution in [3.05, 3.63) is 24.8 Å². The van der Waals surface area contributed by atoms with Crippen LogP contribution in [-0.4, -0.2) is 5.54 Å². The molecule has 0 aliphatic heterocycles. The van der Waals surface area contributed by atoms with Crippen molar-refractivity contribution < 1.29 is 0 Å². The van der Waals surface area contributed by atoms with Crippen molar-refractivity contribution in [2.75, 3.05) is 0 Å². The Balaban J connectivity index is 2.58. The molecule has 0 amide bonds. The lowest BCUT2D eigenvalue weighted by Gasteiger charge is -2.05. The van der Waals surface area contributed by atoms with Crippen LogP contribution < -0.4 is 5.73 Å². The molecular weight excluding hydrogens is 98.1 g/mol. The third-order valence-electron chi connectivity index (χ3n) is 1.67. The average molecular weight is 109 g/mol. The van der Waals surface area contributed by atoms with Crippen LogP contribution >= 0.6 is 0 Å². The average Bonchev–Trinajstić information content (AvgIpc) is 2.47. The first-order chi connectivity index (χ1) is 3.69. The second-order valence-corrected chi connectivity index (χ2v) is 2.39. The van der Waals surface area contributed by atoms with E-state index >= 15 is 0 Å². The predicted molar refractivity (Wildman–Crippen MR) is 35.5 cm³/mol. The molecule has 1 heteroatoms. The van der Waals surface area contributed by atoms with E-state index in [9.17, 15) is 0 Å². The number of hydrogen-bond acceptors (Lipinski definition) is 1. The van der Waals surface area contributed by atoms with Crippen LogP contribution in [0.4, 0.5) is 0 Å². The highest BCUT2D eigenvalue weighted by atomic mass is 14.8. The Labute approximate surface area is 49.9 Å². The van der Waals surface area contributed by atoms with Gasteiger partial charge in [-0.25, -0.2) is 0 Å². The number of rotatable bonds is 2. The molecule has 0 aromatic heterocycles. The van der Waals surface area contributed by atoms with Gasteiger partial charge in [-0.2, -0.15) is 0 Å². The van der Waals surface area contributed by atoms with Crippen molar-refractivity contribution in [2.24, 2.45) is 5.73 Å². The van der Waals surface area contributed by atoms with E-state index in [0.29, 0.717) is 0 Å². The highest BCUT2D eigenvalue weighted by molar-refractivity contribution is 5.32. The zero-order chi connectivity index (χ0) is 6.20. The maximum atomic E-state index is 5.73. The molecule has 0 heterocycles. The van der Waals surface area contributed by atoms with Gasteiger partial charge in [0, 0.05) is 5.54 Å². The van der Waals surface area contributed by atoms with E-state index in [0.717, 1.165) is 18.4 Å². The minimum Gasteiger partial charge on any atom is -0.321 e. The predicted octanol–water partition coefficient (Wildman–Crippen LogP) is 1.22. The third-order valence-corrected chi connectivity index (χ3v) is 1.67. The first-order valence-electron chi connectivity index (χ1n) is 2.80. The van der Waals surface area contributed by atoms with Crippen molar-refractivity contribution in [3.8, 4) is 0 Å². The van der Waals surface area contributed by atoms with Gasteiger partial charge in [0.25, 0.3) is 0 Å². The van der Waals surface area contributed by atoms with Crippen LogP contribution in [-0.2, 0) is 0 Å². The first-order valence-corrected chi connectivity index (χ1v) is 2.80. The summed E-state index contributed by atoms with van der Waals surface area (Å²) in [5, 5.41) is 0. The molecule has 2 N–H and O–H groups in total. The summed E-state index contributed by atoms with van der Waals surface area (Å²) in [6.45, 7) is 7.35. The normalized spacial score (nSPS) is 22.1. The highest BCUT2D eigenvalue weighted by Crippen LogP contribution is 2.38. The fourth-order valence-corrected chi connectivity index (χ4v) is 0.659. The van der Waals surface area contributed by atoms with Crippen LogP contribution in [0.5, 0.6) is 0 Å². The molecular formula is C7H11N. The Hall–Kier alpha value is -0.560. The molecule has 0 aromatic carbocycles.